The largest absolute Gasteiger partial charge is 0.480 e. The second-order valence-corrected chi connectivity index (χ2v) is 3.29. The van der Waals surface area contributed by atoms with Crippen LogP contribution in [0.3, 0.4) is 0 Å². The number of hydrogen-bond acceptors (Lipinski definition) is 4. The number of nitrogens with two attached hydrogens (primary N) is 2. The van der Waals surface area contributed by atoms with Gasteiger partial charge in [-0.15, -0.1) is 0 Å². The molecular weight excluding hydrogens is 242 g/mol. The summed E-state index contributed by atoms with van der Waals surface area (Å²) in [7, 11) is 0. The summed E-state index contributed by atoms with van der Waals surface area (Å²) in [6, 6.07) is 4.84. The molecule has 0 amide bonds. The molecule has 1 atom stereocenters. The van der Waals surface area contributed by atoms with Crippen LogP contribution in [0.5, 0.6) is 0 Å². The third-order valence-electron chi connectivity index (χ3n) is 1.97. The number of hydrogen-bond donors (Lipinski definition) is 4. The fourth-order valence-corrected chi connectivity index (χ4v) is 1.21. The van der Waals surface area contributed by atoms with Crippen molar-refractivity contribution in [3.8, 4) is 0 Å². The molecule has 1 aromatic rings. The van der Waals surface area contributed by atoms with Crippen LogP contribution in [0, 0.1) is 10.1 Å². The number of carbonyl (C=O) groups is 1. The van der Waals surface area contributed by atoms with Gasteiger partial charge < -0.3 is 21.9 Å². The summed E-state index contributed by atoms with van der Waals surface area (Å²) in [5, 5.41) is 23.1. The van der Waals surface area contributed by atoms with Crippen LogP contribution in [-0.4, -0.2) is 22.1 Å². The average molecular weight is 253 g/mol. The molecule has 0 bridgehead atoms. The van der Waals surface area contributed by atoms with Gasteiger partial charge in [-0.1, -0.05) is 12.1 Å². The Morgan fingerprint density at radius 1 is 1.56 bits per heavy atom. The van der Waals surface area contributed by atoms with E-state index in [0.29, 0.717) is 11.3 Å². The van der Waals surface area contributed by atoms with Crippen LogP contribution in [0.2, 0.25) is 0 Å². The number of nitrogens with zero attached hydrogens (tertiary/aromatic N) is 2. The van der Waals surface area contributed by atoms with Gasteiger partial charge in [-0.25, -0.2) is 10.1 Å². The van der Waals surface area contributed by atoms with Crippen LogP contribution in [0.15, 0.2) is 29.4 Å². The highest BCUT2D eigenvalue weighted by Gasteiger charge is 2.14. The van der Waals surface area contributed by atoms with Gasteiger partial charge in [0.2, 0.25) is 0 Å². The SMILES string of the molecule is NC(=N[N+](=O)[O-])Nc1cccc([C@H](N)C(=O)O)c1. The molecule has 0 saturated heterocycles. The smallest absolute Gasteiger partial charge is 0.325 e. The predicted molar refractivity (Wildman–Crippen MR) is 63.2 cm³/mol. The Hall–Kier alpha value is -2.68. The number of carboxylic acid groups (broad SMARTS) is 1. The number of benzene rings is 1. The first-order chi connectivity index (χ1) is 8.40. The van der Waals surface area contributed by atoms with Crippen molar-refractivity contribution >= 4 is 17.6 Å². The molecule has 0 radical (unpaired) electrons. The maximum Gasteiger partial charge on any atom is 0.325 e. The van der Waals surface area contributed by atoms with E-state index in [9.17, 15) is 14.9 Å². The monoisotopic (exact) mass is 253 g/mol. The molecule has 0 heterocycles. The lowest BCUT2D eigenvalue weighted by Gasteiger charge is -2.09. The number of guanidine groups is 1. The van der Waals surface area contributed by atoms with Crippen LogP contribution in [0.1, 0.15) is 11.6 Å². The normalized spacial score (nSPS) is 12.8. The van der Waals surface area contributed by atoms with E-state index in [1.165, 1.54) is 12.1 Å². The van der Waals surface area contributed by atoms with Crippen molar-refractivity contribution in [1.29, 1.82) is 0 Å². The first-order valence-electron chi connectivity index (χ1n) is 4.74. The fraction of sp³-hybridized carbons (Fsp3) is 0.111. The lowest BCUT2D eigenvalue weighted by atomic mass is 10.1. The summed E-state index contributed by atoms with van der Waals surface area (Å²) in [6.45, 7) is 0. The summed E-state index contributed by atoms with van der Waals surface area (Å²) in [6.07, 6.45) is 0. The minimum Gasteiger partial charge on any atom is -0.480 e. The Kier molecular flexibility index (Phi) is 4.16. The highest BCUT2D eigenvalue weighted by molar-refractivity contribution is 5.92. The molecule has 9 heteroatoms. The van der Waals surface area contributed by atoms with Gasteiger partial charge in [0, 0.05) is 5.69 Å². The van der Waals surface area contributed by atoms with Gasteiger partial charge in [-0.2, -0.15) is 0 Å². The number of hydrazone groups is 1. The van der Waals surface area contributed by atoms with Gasteiger partial charge in [0.15, 0.2) is 5.03 Å². The average Bonchev–Trinajstić information content (AvgIpc) is 2.26. The van der Waals surface area contributed by atoms with Crippen molar-refractivity contribution in [2.45, 2.75) is 6.04 Å². The molecule has 0 unspecified atom stereocenters. The van der Waals surface area contributed by atoms with Gasteiger partial charge >= 0.3 is 5.97 Å². The Morgan fingerprint density at radius 2 is 2.22 bits per heavy atom. The summed E-state index contributed by atoms with van der Waals surface area (Å²) in [5.41, 5.74) is 11.4. The minimum atomic E-state index is -1.18. The van der Waals surface area contributed by atoms with E-state index in [2.05, 4.69) is 10.4 Å². The molecule has 0 aromatic heterocycles. The first-order valence-corrected chi connectivity index (χ1v) is 4.74. The second-order valence-electron chi connectivity index (χ2n) is 3.29. The van der Waals surface area contributed by atoms with Crippen molar-refractivity contribution in [2.24, 2.45) is 16.6 Å². The predicted octanol–water partition coefficient (Wildman–Crippen LogP) is -0.311. The van der Waals surface area contributed by atoms with E-state index in [-0.39, 0.29) is 0 Å². The highest BCUT2D eigenvalue weighted by Crippen LogP contribution is 2.16. The van der Waals surface area contributed by atoms with Crippen LogP contribution < -0.4 is 16.8 Å². The van der Waals surface area contributed by atoms with Gasteiger partial charge in [0.05, 0.1) is 0 Å². The molecule has 0 spiro atoms. The third-order valence-corrected chi connectivity index (χ3v) is 1.97. The number of aliphatic carboxylic acids is 1. The van der Waals surface area contributed by atoms with Crippen molar-refractivity contribution in [3.05, 3.63) is 39.9 Å². The molecule has 0 fully saturated rings. The van der Waals surface area contributed by atoms with E-state index in [4.69, 9.17) is 16.6 Å². The van der Waals surface area contributed by atoms with Crippen LogP contribution >= 0.6 is 0 Å². The summed E-state index contributed by atoms with van der Waals surface area (Å²) >= 11 is 0. The lowest BCUT2D eigenvalue weighted by molar-refractivity contribution is -0.485. The molecule has 0 saturated carbocycles. The number of carboxylic acids is 1. The van der Waals surface area contributed by atoms with Crippen LogP contribution in [-0.2, 0) is 4.79 Å². The molecule has 0 aliphatic rings. The second kappa shape index (κ2) is 5.59. The van der Waals surface area contributed by atoms with E-state index >= 15 is 0 Å². The van der Waals surface area contributed by atoms with Gasteiger partial charge in [-0.05, 0) is 17.7 Å². The van der Waals surface area contributed by atoms with E-state index in [1.807, 2.05) is 0 Å². The number of anilines is 1. The molecular formula is C9H11N5O4. The first kappa shape index (κ1) is 13.4. The third kappa shape index (κ3) is 3.72. The van der Waals surface area contributed by atoms with Crippen molar-refractivity contribution in [1.82, 2.24) is 0 Å². The molecule has 9 nitrogen and oxygen atoms in total. The number of rotatable bonds is 4. The molecule has 6 N–H and O–H groups in total. The topological polar surface area (TPSA) is 157 Å². The maximum absolute atomic E-state index is 10.7. The van der Waals surface area contributed by atoms with Gasteiger partial charge in [0.1, 0.15) is 11.1 Å². The number of nitrogens with one attached hydrogen (secondary N) is 1. The standard InChI is InChI=1S/C9H11N5O4/c10-7(8(15)16)5-2-1-3-6(4-5)12-9(11)13-14(17)18/h1-4,7H,10H2,(H,15,16)(H3,11,12,13)/t7-/m0/s1. The summed E-state index contributed by atoms with van der Waals surface area (Å²) in [4.78, 5) is 20.8. The molecule has 1 rings (SSSR count). The van der Waals surface area contributed by atoms with Gasteiger partial charge in [0.25, 0.3) is 5.96 Å². The van der Waals surface area contributed by atoms with Gasteiger partial charge in [-0.3, -0.25) is 4.79 Å². The Morgan fingerprint density at radius 3 is 2.78 bits per heavy atom. The molecule has 18 heavy (non-hydrogen) atoms. The van der Waals surface area contributed by atoms with Crippen molar-refractivity contribution in [2.75, 3.05) is 5.32 Å². The van der Waals surface area contributed by atoms with Crippen LogP contribution in [0.4, 0.5) is 5.69 Å². The van der Waals surface area contributed by atoms with Crippen molar-refractivity contribution < 1.29 is 14.9 Å². The van der Waals surface area contributed by atoms with E-state index in [1.54, 1.807) is 12.1 Å². The van der Waals surface area contributed by atoms with Crippen molar-refractivity contribution in [3.63, 3.8) is 0 Å². The zero-order valence-corrected chi connectivity index (χ0v) is 9.11. The van der Waals surface area contributed by atoms with Crippen LogP contribution in [0.25, 0.3) is 0 Å². The Bertz CT molecular complexity index is 501. The molecule has 0 aliphatic heterocycles. The maximum atomic E-state index is 10.7. The summed E-state index contributed by atoms with van der Waals surface area (Å²) in [5.74, 6) is -1.60. The van der Waals surface area contributed by atoms with E-state index in [0.717, 1.165) is 0 Å². The molecule has 1 aromatic carbocycles. The zero-order chi connectivity index (χ0) is 13.7. The molecule has 96 valence electrons. The zero-order valence-electron chi connectivity index (χ0n) is 9.11. The Balaban J connectivity index is 2.89. The Labute approximate surface area is 101 Å². The lowest BCUT2D eigenvalue weighted by Crippen LogP contribution is -2.24. The fourth-order valence-electron chi connectivity index (χ4n) is 1.21. The summed E-state index contributed by atoms with van der Waals surface area (Å²) < 4.78 is 0. The highest BCUT2D eigenvalue weighted by atomic mass is 16.7. The molecule has 0 aliphatic carbocycles. The number of nitro groups is 1. The minimum absolute atomic E-state index is 0.335. The quantitative estimate of drug-likeness (QED) is 0.248. The van der Waals surface area contributed by atoms with E-state index < -0.39 is 23.0 Å².